The number of nitrogens with two attached hydrogens (primary N) is 1. The standard InChI is InChI=1S/C14H20ClN3O2.ClH/c1-8(2)7-17-14(20)11-5-4-10(6-12(11)15)18-13(19)9(3)16;/h4-6,8-9H,7,16H2,1-3H3,(H,17,20)(H,18,19);1H/t9-;/m0./s1. The van der Waals surface area contributed by atoms with Gasteiger partial charge in [0.1, 0.15) is 0 Å². The number of hydrogen-bond acceptors (Lipinski definition) is 3. The lowest BCUT2D eigenvalue weighted by molar-refractivity contribution is -0.117. The van der Waals surface area contributed by atoms with Crippen molar-refractivity contribution in [2.45, 2.75) is 26.8 Å². The fraction of sp³-hybridized carbons (Fsp3) is 0.429. The molecule has 7 heteroatoms. The van der Waals surface area contributed by atoms with E-state index in [4.69, 9.17) is 17.3 Å². The molecule has 0 aromatic heterocycles. The molecule has 0 aliphatic heterocycles. The highest BCUT2D eigenvalue weighted by Crippen LogP contribution is 2.21. The lowest BCUT2D eigenvalue weighted by atomic mass is 10.1. The minimum Gasteiger partial charge on any atom is -0.352 e. The lowest BCUT2D eigenvalue weighted by Crippen LogP contribution is -2.32. The molecule has 0 heterocycles. The first-order chi connectivity index (χ1) is 9.31. The minimum absolute atomic E-state index is 0. The van der Waals surface area contributed by atoms with E-state index in [0.717, 1.165) is 0 Å². The van der Waals surface area contributed by atoms with Gasteiger partial charge in [-0.3, -0.25) is 9.59 Å². The normalized spacial score (nSPS) is 11.5. The van der Waals surface area contributed by atoms with Gasteiger partial charge in [0.05, 0.1) is 16.6 Å². The summed E-state index contributed by atoms with van der Waals surface area (Å²) in [6, 6.07) is 4.12. The highest BCUT2D eigenvalue weighted by Gasteiger charge is 2.13. The Balaban J connectivity index is 0.00000400. The Kier molecular flexibility index (Phi) is 8.32. The third-order valence-corrected chi connectivity index (χ3v) is 2.88. The van der Waals surface area contributed by atoms with Gasteiger partial charge in [-0.2, -0.15) is 0 Å². The average molecular weight is 334 g/mol. The van der Waals surface area contributed by atoms with Crippen LogP contribution in [-0.4, -0.2) is 24.4 Å². The number of rotatable bonds is 5. The van der Waals surface area contributed by atoms with Crippen molar-refractivity contribution < 1.29 is 9.59 Å². The molecular formula is C14H21Cl2N3O2. The van der Waals surface area contributed by atoms with Crippen molar-refractivity contribution in [3.05, 3.63) is 28.8 Å². The van der Waals surface area contributed by atoms with Gasteiger partial charge in [0.15, 0.2) is 0 Å². The second-order valence-corrected chi connectivity index (χ2v) is 5.48. The predicted octanol–water partition coefficient (Wildman–Crippen LogP) is 2.43. The SMILES string of the molecule is CC(C)CNC(=O)c1ccc(NC(=O)[C@H](C)N)cc1Cl.Cl. The molecule has 21 heavy (non-hydrogen) atoms. The predicted molar refractivity (Wildman–Crippen MR) is 88.2 cm³/mol. The van der Waals surface area contributed by atoms with Crippen molar-refractivity contribution in [3.63, 3.8) is 0 Å². The molecule has 0 aliphatic rings. The molecule has 2 amide bonds. The Labute approximate surface area is 136 Å². The van der Waals surface area contributed by atoms with Gasteiger partial charge in [0.25, 0.3) is 5.91 Å². The first-order valence-corrected chi connectivity index (χ1v) is 6.83. The largest absolute Gasteiger partial charge is 0.352 e. The summed E-state index contributed by atoms with van der Waals surface area (Å²) >= 11 is 6.06. The van der Waals surface area contributed by atoms with Crippen LogP contribution < -0.4 is 16.4 Å². The molecule has 0 bridgehead atoms. The fourth-order valence-corrected chi connectivity index (χ4v) is 1.69. The molecule has 0 unspecified atom stereocenters. The van der Waals surface area contributed by atoms with Crippen molar-refractivity contribution in [2.24, 2.45) is 11.7 Å². The van der Waals surface area contributed by atoms with Gasteiger partial charge in [-0.25, -0.2) is 0 Å². The molecule has 1 rings (SSSR count). The molecule has 118 valence electrons. The molecule has 0 spiro atoms. The Morgan fingerprint density at radius 1 is 1.29 bits per heavy atom. The van der Waals surface area contributed by atoms with Crippen molar-refractivity contribution in [2.75, 3.05) is 11.9 Å². The molecule has 1 aromatic rings. The summed E-state index contributed by atoms with van der Waals surface area (Å²) in [4.78, 5) is 23.4. The number of anilines is 1. The van der Waals surface area contributed by atoms with Crippen LogP contribution in [0.2, 0.25) is 5.02 Å². The third-order valence-electron chi connectivity index (χ3n) is 2.57. The van der Waals surface area contributed by atoms with Gasteiger partial charge in [-0.1, -0.05) is 25.4 Å². The molecule has 4 N–H and O–H groups in total. The number of carbonyl (C=O) groups excluding carboxylic acids is 2. The zero-order chi connectivity index (χ0) is 15.3. The maximum atomic E-state index is 11.9. The highest BCUT2D eigenvalue weighted by molar-refractivity contribution is 6.34. The number of benzene rings is 1. The van der Waals surface area contributed by atoms with E-state index >= 15 is 0 Å². The fourth-order valence-electron chi connectivity index (χ4n) is 1.43. The van der Waals surface area contributed by atoms with Crippen molar-refractivity contribution in [1.29, 1.82) is 0 Å². The monoisotopic (exact) mass is 333 g/mol. The highest BCUT2D eigenvalue weighted by atomic mass is 35.5. The van der Waals surface area contributed by atoms with Gasteiger partial charge in [0.2, 0.25) is 5.91 Å². The van der Waals surface area contributed by atoms with Gasteiger partial charge in [0, 0.05) is 12.2 Å². The number of hydrogen-bond donors (Lipinski definition) is 3. The summed E-state index contributed by atoms with van der Waals surface area (Å²) in [6.45, 7) is 6.19. The van der Waals surface area contributed by atoms with E-state index in [-0.39, 0.29) is 29.2 Å². The number of amides is 2. The van der Waals surface area contributed by atoms with Crippen molar-refractivity contribution in [3.8, 4) is 0 Å². The van der Waals surface area contributed by atoms with E-state index < -0.39 is 6.04 Å². The van der Waals surface area contributed by atoms with Crippen LogP contribution in [0.4, 0.5) is 5.69 Å². The summed E-state index contributed by atoms with van der Waals surface area (Å²) in [5.41, 5.74) is 6.35. The molecule has 0 saturated carbocycles. The van der Waals surface area contributed by atoms with E-state index in [9.17, 15) is 9.59 Å². The second kappa shape index (κ2) is 8.87. The van der Waals surface area contributed by atoms with Crippen LogP contribution in [-0.2, 0) is 4.79 Å². The maximum Gasteiger partial charge on any atom is 0.252 e. The number of halogens is 2. The zero-order valence-corrected chi connectivity index (χ0v) is 13.8. The molecule has 0 radical (unpaired) electrons. The molecule has 1 atom stereocenters. The van der Waals surface area contributed by atoms with Gasteiger partial charge in [-0.05, 0) is 31.0 Å². The van der Waals surface area contributed by atoms with E-state index in [1.165, 1.54) is 6.07 Å². The summed E-state index contributed by atoms with van der Waals surface area (Å²) in [7, 11) is 0. The van der Waals surface area contributed by atoms with E-state index in [1.807, 2.05) is 13.8 Å². The van der Waals surface area contributed by atoms with Gasteiger partial charge >= 0.3 is 0 Å². The minimum atomic E-state index is -0.609. The molecule has 0 fully saturated rings. The van der Waals surface area contributed by atoms with Crippen molar-refractivity contribution in [1.82, 2.24) is 5.32 Å². The van der Waals surface area contributed by atoms with Crippen molar-refractivity contribution >= 4 is 41.5 Å². The third kappa shape index (κ3) is 6.33. The van der Waals surface area contributed by atoms with Gasteiger partial charge in [-0.15, -0.1) is 12.4 Å². The van der Waals surface area contributed by atoms with Gasteiger partial charge < -0.3 is 16.4 Å². The Morgan fingerprint density at radius 3 is 2.38 bits per heavy atom. The molecule has 0 saturated heterocycles. The molecular weight excluding hydrogens is 313 g/mol. The van der Waals surface area contributed by atoms with E-state index in [1.54, 1.807) is 19.1 Å². The quantitative estimate of drug-likeness (QED) is 0.773. The van der Waals surface area contributed by atoms with Crippen LogP contribution in [0.1, 0.15) is 31.1 Å². The summed E-state index contributed by atoms with van der Waals surface area (Å²) < 4.78 is 0. The summed E-state index contributed by atoms with van der Waals surface area (Å²) in [5.74, 6) is -0.172. The average Bonchev–Trinajstić information content (AvgIpc) is 2.35. The first-order valence-electron chi connectivity index (χ1n) is 6.45. The maximum absolute atomic E-state index is 11.9. The number of carbonyl (C=O) groups is 2. The lowest BCUT2D eigenvalue weighted by Gasteiger charge is -2.11. The molecule has 5 nitrogen and oxygen atoms in total. The van der Waals surface area contributed by atoms with Crippen LogP contribution in [0.3, 0.4) is 0 Å². The van der Waals surface area contributed by atoms with Crippen LogP contribution in [0.15, 0.2) is 18.2 Å². The topological polar surface area (TPSA) is 84.2 Å². The summed E-state index contributed by atoms with van der Waals surface area (Å²) in [6.07, 6.45) is 0. The molecule has 1 aromatic carbocycles. The smallest absolute Gasteiger partial charge is 0.252 e. The molecule has 0 aliphatic carbocycles. The summed E-state index contributed by atoms with van der Waals surface area (Å²) in [5, 5.41) is 5.69. The van der Waals surface area contributed by atoms with Crippen LogP contribution in [0, 0.1) is 5.92 Å². The Morgan fingerprint density at radius 2 is 1.90 bits per heavy atom. The van der Waals surface area contributed by atoms with Crippen LogP contribution in [0.5, 0.6) is 0 Å². The van der Waals surface area contributed by atoms with E-state index in [2.05, 4.69) is 10.6 Å². The number of nitrogens with one attached hydrogen (secondary N) is 2. The Hall–Kier alpha value is -1.30. The Bertz CT molecular complexity index is 505. The zero-order valence-electron chi connectivity index (χ0n) is 12.3. The first kappa shape index (κ1) is 19.7. The second-order valence-electron chi connectivity index (χ2n) is 5.08. The van der Waals surface area contributed by atoms with Crippen LogP contribution >= 0.6 is 24.0 Å². The van der Waals surface area contributed by atoms with E-state index in [0.29, 0.717) is 23.7 Å². The van der Waals surface area contributed by atoms with Crippen LogP contribution in [0.25, 0.3) is 0 Å².